The molecule has 1 amide bonds. The van der Waals surface area contributed by atoms with Crippen molar-refractivity contribution in [2.24, 2.45) is 0 Å². The molecule has 0 saturated carbocycles. The van der Waals surface area contributed by atoms with E-state index in [0.29, 0.717) is 37.6 Å². The lowest BCUT2D eigenvalue weighted by Crippen LogP contribution is -2.26. The Hall–Kier alpha value is -3.75. The number of nitrogens with zero attached hydrogens (tertiary/aromatic N) is 2. The summed E-state index contributed by atoms with van der Waals surface area (Å²) in [5.41, 5.74) is 3.55. The highest BCUT2D eigenvalue weighted by Crippen LogP contribution is 2.27. The van der Waals surface area contributed by atoms with Gasteiger partial charge in [-0.3, -0.25) is 9.69 Å². The van der Waals surface area contributed by atoms with Crippen molar-refractivity contribution < 1.29 is 18.7 Å². The van der Waals surface area contributed by atoms with Gasteiger partial charge in [-0.2, -0.15) is 0 Å². The fourth-order valence-electron chi connectivity index (χ4n) is 3.97. The van der Waals surface area contributed by atoms with Crippen LogP contribution in [0.15, 0.2) is 78.2 Å². The third kappa shape index (κ3) is 7.62. The van der Waals surface area contributed by atoms with Crippen molar-refractivity contribution in [3.63, 3.8) is 0 Å². The van der Waals surface area contributed by atoms with Gasteiger partial charge < -0.3 is 14.8 Å². The predicted molar refractivity (Wildman–Crippen MR) is 143 cm³/mol. The Morgan fingerprint density at radius 2 is 1.73 bits per heavy atom. The Balaban J connectivity index is 1.44. The second-order valence-corrected chi connectivity index (χ2v) is 9.51. The number of benzene rings is 3. The zero-order valence-electron chi connectivity index (χ0n) is 20.9. The molecule has 0 radical (unpaired) electrons. The molecule has 0 atom stereocenters. The first-order valence-corrected chi connectivity index (χ1v) is 12.9. The van der Waals surface area contributed by atoms with Gasteiger partial charge in [0.25, 0.3) is 5.91 Å². The minimum absolute atomic E-state index is 0.180. The van der Waals surface area contributed by atoms with Crippen LogP contribution in [-0.2, 0) is 26.1 Å². The zero-order valence-corrected chi connectivity index (χ0v) is 21.8. The number of carbonyl (C=O) groups is 1. The third-order valence-corrected chi connectivity index (χ3v) is 6.73. The van der Waals surface area contributed by atoms with E-state index in [1.54, 1.807) is 31.7 Å². The molecule has 0 saturated heterocycles. The molecule has 37 heavy (non-hydrogen) atoms. The molecule has 0 unspecified atom stereocenters. The fourth-order valence-corrected chi connectivity index (χ4v) is 4.79. The fraction of sp³-hybridized carbons (Fsp3) is 0.241. The SMILES string of the molecule is COc1ccc(CN(Cc2ccc(F)cc2)Cc2nc(C(=O)NCCc3ccccc3)cs2)c(OC)c1. The van der Waals surface area contributed by atoms with Gasteiger partial charge in [0.1, 0.15) is 28.0 Å². The maximum atomic E-state index is 13.5. The molecule has 0 aliphatic carbocycles. The molecule has 6 nitrogen and oxygen atoms in total. The lowest BCUT2D eigenvalue weighted by atomic mass is 10.1. The van der Waals surface area contributed by atoms with Gasteiger partial charge in [-0.1, -0.05) is 48.5 Å². The summed E-state index contributed by atoms with van der Waals surface area (Å²) in [4.78, 5) is 19.4. The van der Waals surface area contributed by atoms with Crippen molar-refractivity contribution in [3.8, 4) is 11.5 Å². The highest BCUT2D eigenvalue weighted by molar-refractivity contribution is 7.09. The van der Waals surface area contributed by atoms with Gasteiger partial charge in [0.05, 0.1) is 20.8 Å². The van der Waals surface area contributed by atoms with Crippen molar-refractivity contribution in [2.75, 3.05) is 20.8 Å². The molecule has 192 valence electrons. The van der Waals surface area contributed by atoms with E-state index in [1.807, 2.05) is 48.5 Å². The molecule has 0 aliphatic heterocycles. The summed E-state index contributed by atoms with van der Waals surface area (Å²) < 4.78 is 24.4. The van der Waals surface area contributed by atoms with Crippen LogP contribution in [0.4, 0.5) is 4.39 Å². The number of hydrogen-bond acceptors (Lipinski definition) is 6. The second-order valence-electron chi connectivity index (χ2n) is 8.57. The molecule has 1 heterocycles. The number of amides is 1. The average Bonchev–Trinajstić information content (AvgIpc) is 3.39. The minimum Gasteiger partial charge on any atom is -0.497 e. The summed E-state index contributed by atoms with van der Waals surface area (Å²) in [6.07, 6.45) is 0.763. The number of hydrogen-bond donors (Lipinski definition) is 1. The molecular weight excluding hydrogens is 489 g/mol. The Morgan fingerprint density at radius 3 is 2.46 bits per heavy atom. The minimum atomic E-state index is -0.269. The van der Waals surface area contributed by atoms with E-state index in [-0.39, 0.29) is 11.7 Å². The maximum absolute atomic E-state index is 13.5. The van der Waals surface area contributed by atoms with Gasteiger partial charge in [-0.05, 0) is 35.7 Å². The average molecular weight is 520 g/mol. The van der Waals surface area contributed by atoms with Crippen LogP contribution < -0.4 is 14.8 Å². The molecule has 0 aliphatic rings. The van der Waals surface area contributed by atoms with Gasteiger partial charge in [0, 0.05) is 36.6 Å². The van der Waals surface area contributed by atoms with Gasteiger partial charge in [0.15, 0.2) is 0 Å². The summed E-state index contributed by atoms with van der Waals surface area (Å²) in [6.45, 7) is 2.22. The number of thiazole rings is 1. The van der Waals surface area contributed by atoms with E-state index in [1.165, 1.54) is 29.0 Å². The molecular formula is C29H30FN3O3S. The quantitative estimate of drug-likeness (QED) is 0.269. The number of methoxy groups -OCH3 is 2. The molecule has 1 aromatic heterocycles. The molecule has 4 rings (SSSR count). The van der Waals surface area contributed by atoms with Crippen molar-refractivity contribution in [2.45, 2.75) is 26.1 Å². The third-order valence-electron chi connectivity index (χ3n) is 5.89. The van der Waals surface area contributed by atoms with Crippen molar-refractivity contribution in [1.29, 1.82) is 0 Å². The number of halogens is 1. The second kappa shape index (κ2) is 13.0. The monoisotopic (exact) mass is 519 g/mol. The van der Waals surface area contributed by atoms with Crippen LogP contribution >= 0.6 is 11.3 Å². The zero-order chi connectivity index (χ0) is 26.0. The van der Waals surface area contributed by atoms with Crippen LogP contribution in [0.2, 0.25) is 0 Å². The molecule has 0 spiro atoms. The molecule has 0 fully saturated rings. The molecule has 3 aromatic carbocycles. The first-order chi connectivity index (χ1) is 18.0. The lowest BCUT2D eigenvalue weighted by molar-refractivity contribution is 0.0949. The number of rotatable bonds is 12. The Morgan fingerprint density at radius 1 is 0.946 bits per heavy atom. The Labute approximate surface area is 220 Å². The van der Waals surface area contributed by atoms with E-state index in [4.69, 9.17) is 9.47 Å². The first-order valence-electron chi connectivity index (χ1n) is 12.0. The molecule has 0 bridgehead atoms. The molecule has 1 N–H and O–H groups in total. The van der Waals surface area contributed by atoms with E-state index in [2.05, 4.69) is 15.2 Å². The van der Waals surface area contributed by atoms with Gasteiger partial charge in [0.2, 0.25) is 0 Å². The smallest absolute Gasteiger partial charge is 0.270 e. The van der Waals surface area contributed by atoms with Crippen molar-refractivity contribution >= 4 is 17.2 Å². The topological polar surface area (TPSA) is 63.7 Å². The van der Waals surface area contributed by atoms with Gasteiger partial charge in [-0.25, -0.2) is 9.37 Å². The summed E-state index contributed by atoms with van der Waals surface area (Å²) >= 11 is 1.45. The molecule has 8 heteroatoms. The number of aromatic nitrogens is 1. The Kier molecular flexibility index (Phi) is 9.24. The largest absolute Gasteiger partial charge is 0.497 e. The lowest BCUT2D eigenvalue weighted by Gasteiger charge is -2.23. The summed E-state index contributed by atoms with van der Waals surface area (Å²) in [6, 6.07) is 22.2. The summed E-state index contributed by atoms with van der Waals surface area (Å²) in [7, 11) is 3.25. The van der Waals surface area contributed by atoms with Gasteiger partial charge >= 0.3 is 0 Å². The van der Waals surface area contributed by atoms with E-state index >= 15 is 0 Å². The van der Waals surface area contributed by atoms with E-state index < -0.39 is 0 Å². The number of nitrogens with one attached hydrogen (secondary N) is 1. The molecule has 4 aromatic rings. The summed E-state index contributed by atoms with van der Waals surface area (Å²) in [5, 5.41) is 5.56. The van der Waals surface area contributed by atoms with Crippen LogP contribution in [-0.4, -0.2) is 36.6 Å². The predicted octanol–water partition coefficient (Wildman–Crippen LogP) is 5.47. The van der Waals surface area contributed by atoms with Crippen LogP contribution in [0, 0.1) is 5.82 Å². The first kappa shape index (κ1) is 26.3. The highest BCUT2D eigenvalue weighted by atomic mass is 32.1. The normalized spacial score (nSPS) is 10.9. The summed E-state index contributed by atoms with van der Waals surface area (Å²) in [5.74, 6) is 0.991. The van der Waals surface area contributed by atoms with Crippen LogP contribution in [0.25, 0.3) is 0 Å². The van der Waals surface area contributed by atoms with E-state index in [9.17, 15) is 9.18 Å². The van der Waals surface area contributed by atoms with E-state index in [0.717, 1.165) is 28.3 Å². The number of carbonyl (C=O) groups excluding carboxylic acids is 1. The van der Waals surface area contributed by atoms with Crippen molar-refractivity contribution in [1.82, 2.24) is 15.2 Å². The van der Waals surface area contributed by atoms with Gasteiger partial charge in [-0.15, -0.1) is 11.3 Å². The highest BCUT2D eigenvalue weighted by Gasteiger charge is 2.16. The van der Waals surface area contributed by atoms with Crippen LogP contribution in [0.1, 0.15) is 32.2 Å². The standard InChI is InChI=1S/C29H30FN3O3S/c1-35-25-13-10-23(27(16-25)36-2)18-33(17-22-8-11-24(30)12-9-22)19-28-32-26(20-37-28)29(34)31-15-14-21-6-4-3-5-7-21/h3-13,16,20H,14-15,17-19H2,1-2H3,(H,31,34). The van der Waals surface area contributed by atoms with Crippen molar-refractivity contribution in [3.05, 3.63) is 111 Å². The van der Waals surface area contributed by atoms with Crippen LogP contribution in [0.3, 0.4) is 0 Å². The van der Waals surface area contributed by atoms with Crippen LogP contribution in [0.5, 0.6) is 11.5 Å². The maximum Gasteiger partial charge on any atom is 0.270 e. The Bertz CT molecular complexity index is 1300. The number of ether oxygens (including phenoxy) is 2.